The molecule has 0 radical (unpaired) electrons. The molecule has 148 valence electrons. The monoisotopic (exact) mass is 426 g/mol. The van der Waals surface area contributed by atoms with E-state index in [-0.39, 0.29) is 11.0 Å². The second-order valence-corrected chi connectivity index (χ2v) is 6.80. The predicted molar refractivity (Wildman–Crippen MR) is 119 cm³/mol. The molecule has 5 nitrogen and oxygen atoms in total. The number of rotatable bonds is 7. The van der Waals surface area contributed by atoms with Crippen LogP contribution in [0.3, 0.4) is 0 Å². The van der Waals surface area contributed by atoms with Crippen LogP contribution in [0.1, 0.15) is 10.4 Å². The number of thiocarbonyl (C=S) groups is 1. The molecule has 2 N–H and O–H groups in total. The maximum absolute atomic E-state index is 12.2. The van der Waals surface area contributed by atoms with Gasteiger partial charge in [-0.25, -0.2) is 0 Å². The van der Waals surface area contributed by atoms with E-state index in [4.69, 9.17) is 33.3 Å². The van der Waals surface area contributed by atoms with E-state index in [1.54, 1.807) is 30.3 Å². The van der Waals surface area contributed by atoms with Crippen molar-refractivity contribution in [1.82, 2.24) is 5.32 Å². The van der Waals surface area contributed by atoms with E-state index in [0.29, 0.717) is 35.2 Å². The molecule has 3 aromatic carbocycles. The van der Waals surface area contributed by atoms with Crippen molar-refractivity contribution in [3.05, 3.63) is 89.4 Å². The van der Waals surface area contributed by atoms with Gasteiger partial charge in [-0.2, -0.15) is 0 Å². The number of carbonyl (C=O) groups excluding carboxylic acids is 1. The Morgan fingerprint density at radius 3 is 2.24 bits per heavy atom. The van der Waals surface area contributed by atoms with Crippen LogP contribution in [0.25, 0.3) is 0 Å². The third-order valence-electron chi connectivity index (χ3n) is 3.79. The van der Waals surface area contributed by atoms with Crippen LogP contribution in [0.5, 0.6) is 11.5 Å². The van der Waals surface area contributed by atoms with E-state index in [0.717, 1.165) is 5.75 Å². The van der Waals surface area contributed by atoms with Gasteiger partial charge in [0, 0.05) is 22.3 Å². The third-order valence-corrected chi connectivity index (χ3v) is 4.25. The molecule has 7 heteroatoms. The molecular formula is C22H19ClN2O3S. The lowest BCUT2D eigenvalue weighted by molar-refractivity contribution is 0.0977. The summed E-state index contributed by atoms with van der Waals surface area (Å²) in [5.41, 5.74) is 1.17. The largest absolute Gasteiger partial charge is 0.490 e. The molecule has 0 unspecified atom stereocenters. The molecule has 0 heterocycles. The maximum Gasteiger partial charge on any atom is 0.257 e. The minimum Gasteiger partial charge on any atom is -0.490 e. The number of halogens is 1. The van der Waals surface area contributed by atoms with E-state index in [2.05, 4.69) is 10.6 Å². The summed E-state index contributed by atoms with van der Waals surface area (Å²) in [6.45, 7) is 0.827. The summed E-state index contributed by atoms with van der Waals surface area (Å²) in [5.74, 6) is 1.15. The fourth-order valence-electron chi connectivity index (χ4n) is 2.44. The minimum atomic E-state index is -0.315. The van der Waals surface area contributed by atoms with Crippen LogP contribution in [-0.2, 0) is 0 Å². The van der Waals surface area contributed by atoms with Crippen LogP contribution in [0, 0.1) is 0 Å². The van der Waals surface area contributed by atoms with Gasteiger partial charge in [0.25, 0.3) is 5.91 Å². The van der Waals surface area contributed by atoms with Crippen LogP contribution in [0.15, 0.2) is 78.9 Å². The van der Waals surface area contributed by atoms with Gasteiger partial charge in [0.1, 0.15) is 24.7 Å². The van der Waals surface area contributed by atoms with E-state index >= 15 is 0 Å². The van der Waals surface area contributed by atoms with Crippen LogP contribution in [0.2, 0.25) is 5.02 Å². The first-order valence-corrected chi connectivity index (χ1v) is 9.67. The summed E-state index contributed by atoms with van der Waals surface area (Å²) >= 11 is 11.0. The van der Waals surface area contributed by atoms with Crippen molar-refractivity contribution < 1.29 is 14.3 Å². The Hall–Kier alpha value is -3.09. The number of para-hydroxylation sites is 1. The topological polar surface area (TPSA) is 59.6 Å². The van der Waals surface area contributed by atoms with Crippen LogP contribution < -0.4 is 20.1 Å². The zero-order chi connectivity index (χ0) is 20.5. The molecule has 29 heavy (non-hydrogen) atoms. The maximum atomic E-state index is 12.2. The van der Waals surface area contributed by atoms with Crippen LogP contribution >= 0.6 is 23.8 Å². The van der Waals surface area contributed by atoms with Gasteiger partial charge in [-0.05, 0) is 60.7 Å². The summed E-state index contributed by atoms with van der Waals surface area (Å²) in [4.78, 5) is 12.2. The quantitative estimate of drug-likeness (QED) is 0.414. The first-order valence-electron chi connectivity index (χ1n) is 8.89. The molecular weight excluding hydrogens is 408 g/mol. The summed E-state index contributed by atoms with van der Waals surface area (Å²) < 4.78 is 11.3. The van der Waals surface area contributed by atoms with Gasteiger partial charge in [-0.1, -0.05) is 35.9 Å². The average molecular weight is 427 g/mol. The third kappa shape index (κ3) is 6.78. The van der Waals surface area contributed by atoms with Gasteiger partial charge >= 0.3 is 0 Å². The molecule has 0 bridgehead atoms. The normalized spacial score (nSPS) is 10.1. The molecule has 3 rings (SSSR count). The van der Waals surface area contributed by atoms with Gasteiger partial charge < -0.3 is 14.8 Å². The molecule has 0 atom stereocenters. The number of hydrogen-bond acceptors (Lipinski definition) is 4. The average Bonchev–Trinajstić information content (AvgIpc) is 2.72. The van der Waals surface area contributed by atoms with Crippen molar-refractivity contribution in [2.24, 2.45) is 0 Å². The van der Waals surface area contributed by atoms with Crippen molar-refractivity contribution in [2.75, 3.05) is 18.5 Å². The highest BCUT2D eigenvalue weighted by atomic mass is 35.5. The van der Waals surface area contributed by atoms with E-state index in [1.165, 1.54) is 0 Å². The van der Waals surface area contributed by atoms with E-state index in [9.17, 15) is 4.79 Å². The summed E-state index contributed by atoms with van der Waals surface area (Å²) in [6.07, 6.45) is 0. The zero-order valence-corrected chi connectivity index (χ0v) is 17.0. The SMILES string of the molecule is O=C(NC(=S)Nc1cccc(OCCOc2ccccc2)c1)c1ccc(Cl)cc1. The molecule has 0 aliphatic heterocycles. The highest BCUT2D eigenvalue weighted by Gasteiger charge is 2.08. The van der Waals surface area contributed by atoms with Crippen molar-refractivity contribution in [3.8, 4) is 11.5 Å². The second-order valence-electron chi connectivity index (χ2n) is 5.95. The Morgan fingerprint density at radius 2 is 1.52 bits per heavy atom. The molecule has 3 aromatic rings. The molecule has 0 spiro atoms. The van der Waals surface area contributed by atoms with Crippen LogP contribution in [0.4, 0.5) is 5.69 Å². The Bertz CT molecular complexity index is 965. The van der Waals surface area contributed by atoms with Gasteiger partial charge in [0.05, 0.1) is 0 Å². The first-order chi connectivity index (χ1) is 14.1. The lowest BCUT2D eigenvalue weighted by Gasteiger charge is -2.12. The molecule has 0 aliphatic carbocycles. The summed E-state index contributed by atoms with van der Waals surface area (Å²) in [7, 11) is 0. The van der Waals surface area contributed by atoms with E-state index in [1.807, 2.05) is 48.5 Å². The number of benzene rings is 3. The number of nitrogens with one attached hydrogen (secondary N) is 2. The van der Waals surface area contributed by atoms with Crippen molar-refractivity contribution in [2.45, 2.75) is 0 Å². The number of amides is 1. The number of hydrogen-bond donors (Lipinski definition) is 2. The molecule has 0 aliphatic rings. The van der Waals surface area contributed by atoms with Gasteiger partial charge in [0.15, 0.2) is 5.11 Å². The van der Waals surface area contributed by atoms with Gasteiger partial charge in [-0.15, -0.1) is 0 Å². The molecule has 0 saturated heterocycles. The Morgan fingerprint density at radius 1 is 0.862 bits per heavy atom. The Kier molecular flexibility index (Phi) is 7.44. The second kappa shape index (κ2) is 10.5. The molecule has 0 saturated carbocycles. The fraction of sp³-hybridized carbons (Fsp3) is 0.0909. The lowest BCUT2D eigenvalue weighted by atomic mass is 10.2. The smallest absolute Gasteiger partial charge is 0.257 e. The standard InChI is InChI=1S/C22H19ClN2O3S/c23-17-11-9-16(10-12-17)21(26)25-22(29)24-18-5-4-8-20(15-18)28-14-13-27-19-6-2-1-3-7-19/h1-12,15H,13-14H2,(H2,24,25,26,29). The minimum absolute atomic E-state index is 0.189. The van der Waals surface area contributed by atoms with E-state index < -0.39 is 0 Å². The molecule has 0 aromatic heterocycles. The highest BCUT2D eigenvalue weighted by Crippen LogP contribution is 2.17. The van der Waals surface area contributed by atoms with Crippen molar-refractivity contribution in [3.63, 3.8) is 0 Å². The van der Waals surface area contributed by atoms with Crippen molar-refractivity contribution in [1.29, 1.82) is 0 Å². The summed E-state index contributed by atoms with van der Waals surface area (Å²) in [6, 6.07) is 23.4. The van der Waals surface area contributed by atoms with Gasteiger partial charge in [0.2, 0.25) is 0 Å². The summed E-state index contributed by atoms with van der Waals surface area (Å²) in [5, 5.41) is 6.36. The molecule has 0 fully saturated rings. The first kappa shape index (κ1) is 20.6. The number of carbonyl (C=O) groups is 1. The van der Waals surface area contributed by atoms with Crippen LogP contribution in [-0.4, -0.2) is 24.2 Å². The fourth-order valence-corrected chi connectivity index (χ4v) is 2.77. The number of ether oxygens (including phenoxy) is 2. The number of anilines is 1. The Labute approximate surface area is 179 Å². The zero-order valence-electron chi connectivity index (χ0n) is 15.4. The Balaban J connectivity index is 1.46. The molecule has 1 amide bonds. The predicted octanol–water partition coefficient (Wildman–Crippen LogP) is 4.92. The lowest BCUT2D eigenvalue weighted by Crippen LogP contribution is -2.34. The highest BCUT2D eigenvalue weighted by molar-refractivity contribution is 7.80. The van der Waals surface area contributed by atoms with Gasteiger partial charge in [-0.3, -0.25) is 10.1 Å². The van der Waals surface area contributed by atoms with Crippen molar-refractivity contribution >= 4 is 40.5 Å².